The standard InChI is InChI=1S/C27H39N5O.HI/c1-21-10-12-24(13-11-21)22(2)18-28-27(29-19-26(33)31(3)4)30-25-14-16-32(17-15-25)20-23-8-6-5-7-9-23;/h5-13,22,25H,14-20H2,1-4H3,(H2,28,29,30);1H. The number of aryl methyl sites for hydroxylation is 1. The minimum absolute atomic E-state index is 0. The lowest BCUT2D eigenvalue weighted by atomic mass is 10.00. The predicted molar refractivity (Wildman–Crippen MR) is 152 cm³/mol. The molecule has 6 nitrogen and oxygen atoms in total. The van der Waals surface area contributed by atoms with Crippen molar-refractivity contribution in [3.63, 3.8) is 0 Å². The quantitative estimate of drug-likeness (QED) is 0.283. The van der Waals surface area contributed by atoms with Crippen molar-refractivity contribution in [2.75, 3.05) is 40.3 Å². The molecule has 1 aliphatic rings. The van der Waals surface area contributed by atoms with Gasteiger partial charge in [0, 0.05) is 46.3 Å². The second-order valence-corrected chi connectivity index (χ2v) is 9.33. The number of rotatable bonds is 8. The monoisotopic (exact) mass is 577 g/mol. The van der Waals surface area contributed by atoms with Gasteiger partial charge in [-0.1, -0.05) is 67.1 Å². The lowest BCUT2D eigenvalue weighted by molar-refractivity contribution is -0.127. The van der Waals surface area contributed by atoms with Crippen molar-refractivity contribution in [3.8, 4) is 0 Å². The molecule has 2 N–H and O–H groups in total. The Morgan fingerprint density at radius 3 is 2.35 bits per heavy atom. The number of carbonyl (C=O) groups excluding carboxylic acids is 1. The van der Waals surface area contributed by atoms with Crippen molar-refractivity contribution in [2.45, 2.75) is 45.2 Å². The van der Waals surface area contributed by atoms with Crippen LogP contribution in [-0.2, 0) is 11.3 Å². The lowest BCUT2D eigenvalue weighted by Gasteiger charge is -2.33. The van der Waals surface area contributed by atoms with Crippen molar-refractivity contribution >= 4 is 35.8 Å². The molecule has 1 fully saturated rings. The Bertz CT molecular complexity index is 893. The summed E-state index contributed by atoms with van der Waals surface area (Å²) in [6.07, 6.45) is 2.12. The van der Waals surface area contributed by atoms with E-state index >= 15 is 0 Å². The second kappa shape index (κ2) is 14.3. The van der Waals surface area contributed by atoms with Gasteiger partial charge in [0.05, 0.1) is 0 Å². The fourth-order valence-corrected chi connectivity index (χ4v) is 3.97. The molecule has 0 saturated carbocycles. The van der Waals surface area contributed by atoms with Gasteiger partial charge >= 0.3 is 0 Å². The van der Waals surface area contributed by atoms with Gasteiger partial charge in [0.1, 0.15) is 6.54 Å². The van der Waals surface area contributed by atoms with Crippen molar-refractivity contribution in [3.05, 3.63) is 71.3 Å². The zero-order valence-electron chi connectivity index (χ0n) is 21.0. The summed E-state index contributed by atoms with van der Waals surface area (Å²) in [5.41, 5.74) is 3.93. The van der Waals surface area contributed by atoms with Gasteiger partial charge in [0.2, 0.25) is 5.91 Å². The molecule has 0 bridgehead atoms. The van der Waals surface area contributed by atoms with Crippen molar-refractivity contribution in [2.24, 2.45) is 4.99 Å². The molecule has 7 heteroatoms. The van der Waals surface area contributed by atoms with Gasteiger partial charge in [-0.2, -0.15) is 0 Å². The number of nitrogens with zero attached hydrogens (tertiary/aromatic N) is 3. The Morgan fingerprint density at radius 1 is 1.09 bits per heavy atom. The maximum atomic E-state index is 12.1. The Hall–Kier alpha value is -2.13. The number of hydrogen-bond donors (Lipinski definition) is 2. The fraction of sp³-hybridized carbons (Fsp3) is 0.481. The van der Waals surface area contributed by atoms with Gasteiger partial charge in [-0.05, 0) is 36.8 Å². The molecule has 2 aromatic carbocycles. The molecule has 3 rings (SSSR count). The minimum Gasteiger partial charge on any atom is -0.356 e. The summed E-state index contributed by atoms with van der Waals surface area (Å²) in [6.45, 7) is 8.33. The van der Waals surface area contributed by atoms with E-state index in [0.717, 1.165) is 45.0 Å². The number of carbonyl (C=O) groups is 1. The molecule has 1 atom stereocenters. The third kappa shape index (κ3) is 9.25. The van der Waals surface area contributed by atoms with E-state index in [-0.39, 0.29) is 36.4 Å². The van der Waals surface area contributed by atoms with Crippen LogP contribution in [0.2, 0.25) is 0 Å². The number of likely N-dealkylation sites (N-methyl/N-ethyl adjacent to an activating group) is 1. The molecular formula is C27H40IN5O. The molecule has 2 aromatic rings. The van der Waals surface area contributed by atoms with Gasteiger partial charge in [-0.3, -0.25) is 9.69 Å². The maximum Gasteiger partial charge on any atom is 0.243 e. The fourth-order valence-electron chi connectivity index (χ4n) is 3.97. The molecule has 0 spiro atoms. The highest BCUT2D eigenvalue weighted by atomic mass is 127. The smallest absolute Gasteiger partial charge is 0.243 e. The van der Waals surface area contributed by atoms with Crippen LogP contribution in [-0.4, -0.2) is 68.0 Å². The van der Waals surface area contributed by atoms with E-state index in [0.29, 0.717) is 12.0 Å². The van der Waals surface area contributed by atoms with Crippen molar-refractivity contribution in [1.82, 2.24) is 20.4 Å². The number of hydrogen-bond acceptors (Lipinski definition) is 3. The number of benzene rings is 2. The molecule has 1 heterocycles. The minimum atomic E-state index is 0. The summed E-state index contributed by atoms with van der Waals surface area (Å²) in [7, 11) is 3.53. The van der Waals surface area contributed by atoms with E-state index in [1.165, 1.54) is 16.7 Å². The van der Waals surface area contributed by atoms with E-state index in [2.05, 4.69) is 89.0 Å². The number of piperidine rings is 1. The van der Waals surface area contributed by atoms with Gasteiger partial charge < -0.3 is 15.5 Å². The average molecular weight is 578 g/mol. The lowest BCUT2D eigenvalue weighted by Crippen LogP contribution is -2.49. The number of aliphatic imine (C=N–C) groups is 1. The summed E-state index contributed by atoms with van der Waals surface area (Å²) in [4.78, 5) is 20.8. The largest absolute Gasteiger partial charge is 0.356 e. The van der Waals surface area contributed by atoms with E-state index < -0.39 is 0 Å². The molecule has 0 aromatic heterocycles. The topological polar surface area (TPSA) is 60.0 Å². The number of halogens is 1. The van der Waals surface area contributed by atoms with E-state index in [9.17, 15) is 4.79 Å². The Labute approximate surface area is 222 Å². The van der Waals surface area contributed by atoms with Crippen LogP contribution in [0.25, 0.3) is 0 Å². The van der Waals surface area contributed by atoms with Crippen LogP contribution < -0.4 is 10.6 Å². The van der Waals surface area contributed by atoms with Gasteiger partial charge in [0.15, 0.2) is 5.96 Å². The number of guanidine groups is 1. The summed E-state index contributed by atoms with van der Waals surface area (Å²) in [5.74, 6) is 1.07. The van der Waals surface area contributed by atoms with Gasteiger partial charge in [-0.15, -0.1) is 24.0 Å². The van der Waals surface area contributed by atoms with Crippen LogP contribution in [0.15, 0.2) is 59.6 Å². The third-order valence-electron chi connectivity index (χ3n) is 6.27. The summed E-state index contributed by atoms with van der Waals surface area (Å²) < 4.78 is 0. The third-order valence-corrected chi connectivity index (χ3v) is 6.27. The first-order valence-electron chi connectivity index (χ1n) is 12.0. The van der Waals surface area contributed by atoms with Crippen LogP contribution in [0.1, 0.15) is 42.4 Å². The first-order valence-corrected chi connectivity index (χ1v) is 12.0. The van der Waals surface area contributed by atoms with Crippen LogP contribution in [0, 0.1) is 6.92 Å². The van der Waals surface area contributed by atoms with E-state index in [1.807, 2.05) is 0 Å². The Balaban J connectivity index is 0.00000408. The van der Waals surface area contributed by atoms with Crippen LogP contribution in [0.5, 0.6) is 0 Å². The van der Waals surface area contributed by atoms with E-state index in [1.54, 1.807) is 19.0 Å². The van der Waals surface area contributed by atoms with Crippen molar-refractivity contribution < 1.29 is 4.79 Å². The molecular weight excluding hydrogens is 537 g/mol. The summed E-state index contributed by atoms with van der Waals surface area (Å²) >= 11 is 0. The maximum absolute atomic E-state index is 12.1. The molecule has 1 saturated heterocycles. The number of nitrogens with one attached hydrogen (secondary N) is 2. The second-order valence-electron chi connectivity index (χ2n) is 9.33. The first-order chi connectivity index (χ1) is 15.9. The normalized spacial score (nSPS) is 15.8. The highest BCUT2D eigenvalue weighted by Crippen LogP contribution is 2.16. The molecule has 0 radical (unpaired) electrons. The summed E-state index contributed by atoms with van der Waals surface area (Å²) in [6, 6.07) is 19.7. The van der Waals surface area contributed by atoms with Crippen LogP contribution >= 0.6 is 24.0 Å². The number of amides is 1. The SMILES string of the molecule is Cc1ccc(C(C)CNC(=NCC(=O)N(C)C)NC2CCN(Cc3ccccc3)CC2)cc1.I. The average Bonchev–Trinajstić information content (AvgIpc) is 2.82. The zero-order valence-corrected chi connectivity index (χ0v) is 23.3. The highest BCUT2D eigenvalue weighted by molar-refractivity contribution is 14.0. The van der Waals surface area contributed by atoms with Gasteiger partial charge in [-0.25, -0.2) is 4.99 Å². The number of likely N-dealkylation sites (tertiary alicyclic amines) is 1. The van der Waals surface area contributed by atoms with E-state index in [4.69, 9.17) is 0 Å². The Kier molecular flexibility index (Phi) is 11.8. The van der Waals surface area contributed by atoms with Crippen LogP contribution in [0.3, 0.4) is 0 Å². The molecule has 34 heavy (non-hydrogen) atoms. The van der Waals surface area contributed by atoms with Gasteiger partial charge in [0.25, 0.3) is 0 Å². The van der Waals surface area contributed by atoms with Crippen molar-refractivity contribution in [1.29, 1.82) is 0 Å². The Morgan fingerprint density at radius 2 is 1.74 bits per heavy atom. The zero-order chi connectivity index (χ0) is 23.6. The molecule has 0 aliphatic carbocycles. The highest BCUT2D eigenvalue weighted by Gasteiger charge is 2.20. The predicted octanol–water partition coefficient (Wildman–Crippen LogP) is 4.00. The molecule has 186 valence electrons. The molecule has 1 aliphatic heterocycles. The molecule has 1 unspecified atom stereocenters. The summed E-state index contributed by atoms with van der Waals surface area (Å²) in [5, 5.41) is 7.07. The first kappa shape index (κ1) is 28.1. The van der Waals surface area contributed by atoms with Crippen LogP contribution in [0.4, 0.5) is 0 Å². The molecule has 1 amide bonds.